The van der Waals surface area contributed by atoms with Gasteiger partial charge in [-0.15, -0.1) is 0 Å². The summed E-state index contributed by atoms with van der Waals surface area (Å²) in [5.41, 5.74) is 0.806. The van der Waals surface area contributed by atoms with Crippen LogP contribution in [-0.4, -0.2) is 58.3 Å². The first kappa shape index (κ1) is 20.0. The van der Waals surface area contributed by atoms with Crippen LogP contribution in [0.1, 0.15) is 11.7 Å². The van der Waals surface area contributed by atoms with Crippen molar-refractivity contribution in [1.29, 1.82) is 0 Å². The third-order valence-corrected chi connectivity index (χ3v) is 6.08. The Bertz CT molecular complexity index is 858. The fraction of sp³-hybridized carbons (Fsp3) is 0.389. The Labute approximate surface area is 164 Å². The second-order valence-corrected chi connectivity index (χ2v) is 8.24. The zero-order valence-corrected chi connectivity index (χ0v) is 16.5. The van der Waals surface area contributed by atoms with E-state index in [2.05, 4.69) is 14.6 Å². The van der Waals surface area contributed by atoms with Crippen LogP contribution in [0.15, 0.2) is 47.5 Å². The zero-order valence-electron chi connectivity index (χ0n) is 15.0. The monoisotopic (exact) mass is 411 g/mol. The second kappa shape index (κ2) is 8.99. The van der Waals surface area contributed by atoms with Gasteiger partial charge in [0.2, 0.25) is 10.0 Å². The number of sulfonamides is 1. The molecule has 0 aliphatic carbocycles. The third kappa shape index (κ3) is 4.97. The lowest BCUT2D eigenvalue weighted by atomic mass is 10.1. The van der Waals surface area contributed by atoms with Crippen LogP contribution in [0.3, 0.4) is 0 Å². The highest BCUT2D eigenvalue weighted by atomic mass is 35.5. The number of nitrogens with zero attached hydrogens (tertiary/aromatic N) is 2. The van der Waals surface area contributed by atoms with Crippen LogP contribution in [0.4, 0.5) is 0 Å². The summed E-state index contributed by atoms with van der Waals surface area (Å²) in [6, 6.07) is 9.93. The van der Waals surface area contributed by atoms with Crippen molar-refractivity contribution in [2.45, 2.75) is 10.9 Å². The number of aromatic nitrogens is 1. The molecule has 3 rings (SSSR count). The number of benzene rings is 1. The number of morpholine rings is 1. The molecule has 27 heavy (non-hydrogen) atoms. The van der Waals surface area contributed by atoms with E-state index in [9.17, 15) is 8.42 Å². The first-order chi connectivity index (χ1) is 13.0. The van der Waals surface area contributed by atoms with Crippen LogP contribution in [0, 0.1) is 0 Å². The van der Waals surface area contributed by atoms with E-state index in [0.29, 0.717) is 31.3 Å². The molecular formula is C18H22ClN3O4S. The first-order valence-electron chi connectivity index (χ1n) is 8.57. The number of rotatable bonds is 7. The number of pyridine rings is 1. The van der Waals surface area contributed by atoms with E-state index in [4.69, 9.17) is 21.1 Å². The summed E-state index contributed by atoms with van der Waals surface area (Å²) in [5.74, 6) is 0.243. The van der Waals surface area contributed by atoms with Gasteiger partial charge in [0.25, 0.3) is 0 Å². The van der Waals surface area contributed by atoms with Crippen molar-refractivity contribution in [1.82, 2.24) is 14.6 Å². The first-order valence-corrected chi connectivity index (χ1v) is 10.4. The summed E-state index contributed by atoms with van der Waals surface area (Å²) in [5, 5.41) is 0.325. The average Bonchev–Trinajstić information content (AvgIpc) is 2.70. The van der Waals surface area contributed by atoms with Crippen molar-refractivity contribution in [2.75, 3.05) is 40.0 Å². The lowest BCUT2D eigenvalue weighted by Crippen LogP contribution is -2.44. The average molecular weight is 412 g/mol. The summed E-state index contributed by atoms with van der Waals surface area (Å²) in [7, 11) is -2.39. The van der Waals surface area contributed by atoms with Gasteiger partial charge in [-0.2, -0.15) is 0 Å². The Kier molecular flexibility index (Phi) is 6.67. The minimum Gasteiger partial charge on any atom is -0.495 e. The molecule has 2 aromatic rings. The number of halogens is 1. The fourth-order valence-corrected chi connectivity index (χ4v) is 4.48. The maximum Gasteiger partial charge on any atom is 0.244 e. The van der Waals surface area contributed by atoms with Crippen LogP contribution in [0.2, 0.25) is 5.02 Å². The summed E-state index contributed by atoms with van der Waals surface area (Å²) >= 11 is 5.98. The highest BCUT2D eigenvalue weighted by Crippen LogP contribution is 2.27. The van der Waals surface area contributed by atoms with E-state index in [1.807, 2.05) is 18.2 Å². The molecule has 0 amide bonds. The molecule has 0 spiro atoms. The van der Waals surface area contributed by atoms with Crippen molar-refractivity contribution >= 4 is 21.6 Å². The standard InChI is InChI=1S/C18H22ClN3O4S/c1-25-17-6-5-14(19)12-18(17)27(23,24)21-13-16(15-4-2-3-7-20-15)22-8-10-26-11-9-22/h2-7,12,16,21H,8-11,13H2,1H3/t16-/m1/s1. The van der Waals surface area contributed by atoms with E-state index in [0.717, 1.165) is 5.69 Å². The van der Waals surface area contributed by atoms with Gasteiger partial charge in [0.15, 0.2) is 0 Å². The Morgan fingerprint density at radius 1 is 1.30 bits per heavy atom. The number of nitrogens with one attached hydrogen (secondary N) is 1. The molecule has 146 valence electrons. The molecule has 0 unspecified atom stereocenters. The molecule has 0 radical (unpaired) electrons. The third-order valence-electron chi connectivity index (χ3n) is 4.40. The molecule has 9 heteroatoms. The van der Waals surface area contributed by atoms with Crippen molar-refractivity contribution in [3.05, 3.63) is 53.3 Å². The van der Waals surface area contributed by atoms with Gasteiger partial charge in [0.1, 0.15) is 10.6 Å². The SMILES string of the molecule is COc1ccc(Cl)cc1S(=O)(=O)NC[C@H](c1ccccn1)N1CCOCC1. The minimum atomic E-state index is -3.81. The van der Waals surface area contributed by atoms with Crippen LogP contribution < -0.4 is 9.46 Å². The number of hydrogen-bond acceptors (Lipinski definition) is 6. The van der Waals surface area contributed by atoms with Gasteiger partial charge in [0.05, 0.1) is 32.1 Å². The molecule has 0 bridgehead atoms. The minimum absolute atomic E-state index is 0.0132. The Morgan fingerprint density at radius 2 is 2.07 bits per heavy atom. The van der Waals surface area contributed by atoms with Gasteiger partial charge in [-0.3, -0.25) is 9.88 Å². The van der Waals surface area contributed by atoms with E-state index < -0.39 is 10.0 Å². The van der Waals surface area contributed by atoms with E-state index >= 15 is 0 Å². The molecule has 1 aromatic carbocycles. The normalized spacial score (nSPS) is 16.8. The van der Waals surface area contributed by atoms with Gasteiger partial charge in [-0.05, 0) is 30.3 Å². The topological polar surface area (TPSA) is 80.8 Å². The highest BCUT2D eigenvalue weighted by molar-refractivity contribution is 7.89. The van der Waals surface area contributed by atoms with Crippen LogP contribution in [0.5, 0.6) is 5.75 Å². The number of methoxy groups -OCH3 is 1. The molecule has 1 atom stereocenters. The summed E-state index contributed by atoms with van der Waals surface area (Å²) < 4.78 is 39.0. The summed E-state index contributed by atoms with van der Waals surface area (Å²) in [6.45, 7) is 2.82. The van der Waals surface area contributed by atoms with Crippen LogP contribution in [0.25, 0.3) is 0 Å². The molecule has 1 saturated heterocycles. The van der Waals surface area contributed by atoms with Crippen molar-refractivity contribution in [3.63, 3.8) is 0 Å². The molecular weight excluding hydrogens is 390 g/mol. The predicted molar refractivity (Wildman–Crippen MR) is 103 cm³/mol. The van der Waals surface area contributed by atoms with E-state index in [1.165, 1.54) is 19.2 Å². The lowest BCUT2D eigenvalue weighted by molar-refractivity contribution is 0.0163. The van der Waals surface area contributed by atoms with Crippen LogP contribution in [-0.2, 0) is 14.8 Å². The Morgan fingerprint density at radius 3 is 2.74 bits per heavy atom. The molecule has 2 heterocycles. The second-order valence-electron chi connectivity index (χ2n) is 6.07. The quantitative estimate of drug-likeness (QED) is 0.751. The van der Waals surface area contributed by atoms with Gasteiger partial charge >= 0.3 is 0 Å². The molecule has 1 aliphatic heterocycles. The van der Waals surface area contributed by atoms with Gasteiger partial charge in [0, 0.05) is 30.9 Å². The van der Waals surface area contributed by atoms with Crippen molar-refractivity contribution in [2.24, 2.45) is 0 Å². The van der Waals surface area contributed by atoms with E-state index in [1.54, 1.807) is 12.3 Å². The van der Waals surface area contributed by atoms with Crippen LogP contribution >= 0.6 is 11.6 Å². The molecule has 1 aromatic heterocycles. The maximum absolute atomic E-state index is 12.9. The fourth-order valence-electron chi connectivity index (χ4n) is 3.01. The molecule has 1 N–H and O–H groups in total. The molecule has 1 aliphatic rings. The largest absolute Gasteiger partial charge is 0.495 e. The molecule has 1 fully saturated rings. The zero-order chi connectivity index (χ0) is 19.3. The van der Waals surface area contributed by atoms with Crippen molar-refractivity contribution < 1.29 is 17.9 Å². The van der Waals surface area contributed by atoms with Gasteiger partial charge in [-0.1, -0.05) is 17.7 Å². The van der Waals surface area contributed by atoms with Gasteiger partial charge in [-0.25, -0.2) is 13.1 Å². The van der Waals surface area contributed by atoms with Gasteiger partial charge < -0.3 is 9.47 Å². The lowest BCUT2D eigenvalue weighted by Gasteiger charge is -2.34. The highest BCUT2D eigenvalue weighted by Gasteiger charge is 2.27. The maximum atomic E-state index is 12.9. The molecule has 0 saturated carbocycles. The summed E-state index contributed by atoms with van der Waals surface area (Å²) in [4.78, 5) is 6.60. The molecule has 7 nitrogen and oxygen atoms in total. The predicted octanol–water partition coefficient (Wildman–Crippen LogP) is 2.10. The Hall–Kier alpha value is -1.71. The van der Waals surface area contributed by atoms with E-state index in [-0.39, 0.29) is 23.2 Å². The number of hydrogen-bond donors (Lipinski definition) is 1. The summed E-state index contributed by atoms with van der Waals surface area (Å²) in [6.07, 6.45) is 1.71. The Balaban J connectivity index is 1.83. The number of ether oxygens (including phenoxy) is 2. The van der Waals surface area contributed by atoms with Crippen molar-refractivity contribution in [3.8, 4) is 5.75 Å². The smallest absolute Gasteiger partial charge is 0.244 e.